The van der Waals surface area contributed by atoms with Crippen LogP contribution in [0, 0.1) is 0 Å². The summed E-state index contributed by atoms with van der Waals surface area (Å²) in [5, 5.41) is 0. The predicted octanol–water partition coefficient (Wildman–Crippen LogP) is 2.90. The number of rotatable bonds is 0. The smallest absolute Gasteiger partial charge is 0.421 e. The second-order valence-corrected chi connectivity index (χ2v) is 5.34. The molecule has 0 spiro atoms. The lowest BCUT2D eigenvalue weighted by molar-refractivity contribution is -0.118. The third kappa shape index (κ3) is 2.53. The SMILES string of the molecule is CC(C)(C)OC(=O)N1C(=O)CCc2ccccc21. The fourth-order valence-corrected chi connectivity index (χ4v) is 1.94. The monoisotopic (exact) mass is 247 g/mol. The van der Waals surface area contributed by atoms with E-state index < -0.39 is 11.7 Å². The van der Waals surface area contributed by atoms with E-state index in [9.17, 15) is 9.59 Å². The molecule has 4 nitrogen and oxygen atoms in total. The number of anilines is 1. The second kappa shape index (κ2) is 4.44. The first kappa shape index (κ1) is 12.6. The molecule has 2 amide bonds. The van der Waals surface area contributed by atoms with Crippen LogP contribution in [0.1, 0.15) is 32.8 Å². The molecule has 0 N–H and O–H groups in total. The molecule has 4 heteroatoms. The molecule has 1 heterocycles. The van der Waals surface area contributed by atoms with Gasteiger partial charge in [-0.3, -0.25) is 4.79 Å². The van der Waals surface area contributed by atoms with E-state index in [1.807, 2.05) is 18.2 Å². The van der Waals surface area contributed by atoms with Crippen LogP contribution in [0.3, 0.4) is 0 Å². The lowest BCUT2D eigenvalue weighted by atomic mass is 10.0. The van der Waals surface area contributed by atoms with Crippen molar-refractivity contribution < 1.29 is 14.3 Å². The number of fused-ring (bicyclic) bond motifs is 1. The van der Waals surface area contributed by atoms with Crippen LogP contribution >= 0.6 is 0 Å². The second-order valence-electron chi connectivity index (χ2n) is 5.34. The van der Waals surface area contributed by atoms with Crippen LogP contribution in [0.5, 0.6) is 0 Å². The summed E-state index contributed by atoms with van der Waals surface area (Å²) in [6.45, 7) is 5.35. The lowest BCUT2D eigenvalue weighted by Crippen LogP contribution is -2.43. The average Bonchev–Trinajstić information content (AvgIpc) is 2.26. The number of benzene rings is 1. The Kier molecular flexibility index (Phi) is 3.11. The summed E-state index contributed by atoms with van der Waals surface area (Å²) in [6, 6.07) is 7.42. The highest BCUT2D eigenvalue weighted by Crippen LogP contribution is 2.28. The molecule has 0 bridgehead atoms. The summed E-state index contributed by atoms with van der Waals surface area (Å²) in [6.07, 6.45) is 0.421. The Morgan fingerprint density at radius 3 is 2.56 bits per heavy atom. The number of imide groups is 1. The van der Waals surface area contributed by atoms with Gasteiger partial charge in [0, 0.05) is 6.42 Å². The van der Waals surface area contributed by atoms with Gasteiger partial charge in [0.05, 0.1) is 5.69 Å². The molecule has 0 saturated carbocycles. The number of amides is 2. The first-order valence-electron chi connectivity index (χ1n) is 6.02. The van der Waals surface area contributed by atoms with Gasteiger partial charge in [-0.05, 0) is 38.8 Å². The maximum atomic E-state index is 12.1. The highest BCUT2D eigenvalue weighted by molar-refractivity contribution is 6.14. The zero-order valence-corrected chi connectivity index (χ0v) is 10.9. The molecule has 1 aliphatic heterocycles. The quantitative estimate of drug-likeness (QED) is 0.708. The molecule has 96 valence electrons. The summed E-state index contributed by atoms with van der Waals surface area (Å²) in [7, 11) is 0. The van der Waals surface area contributed by atoms with E-state index in [0.717, 1.165) is 10.5 Å². The number of hydrogen-bond donors (Lipinski definition) is 0. The van der Waals surface area contributed by atoms with E-state index >= 15 is 0 Å². The van der Waals surface area contributed by atoms with Crippen molar-refractivity contribution in [3.8, 4) is 0 Å². The van der Waals surface area contributed by atoms with Crippen LogP contribution in [0.15, 0.2) is 24.3 Å². The molecular formula is C14H17NO3. The first-order valence-corrected chi connectivity index (χ1v) is 6.02. The molecule has 18 heavy (non-hydrogen) atoms. The molecule has 1 aromatic carbocycles. The van der Waals surface area contributed by atoms with Crippen LogP contribution < -0.4 is 4.90 Å². The molecule has 1 aliphatic rings. The third-order valence-corrected chi connectivity index (χ3v) is 2.67. The van der Waals surface area contributed by atoms with Crippen molar-refractivity contribution >= 4 is 17.7 Å². The minimum absolute atomic E-state index is 0.206. The molecule has 0 aliphatic carbocycles. The number of para-hydroxylation sites is 1. The zero-order chi connectivity index (χ0) is 13.3. The molecule has 0 radical (unpaired) electrons. The van der Waals surface area contributed by atoms with Crippen molar-refractivity contribution in [3.05, 3.63) is 29.8 Å². The molecule has 2 rings (SSSR count). The van der Waals surface area contributed by atoms with Crippen molar-refractivity contribution in [1.82, 2.24) is 0 Å². The Morgan fingerprint density at radius 1 is 1.22 bits per heavy atom. The maximum absolute atomic E-state index is 12.1. The molecular weight excluding hydrogens is 230 g/mol. The van der Waals surface area contributed by atoms with Gasteiger partial charge in [-0.25, -0.2) is 9.69 Å². The minimum Gasteiger partial charge on any atom is -0.443 e. The van der Waals surface area contributed by atoms with Crippen LogP contribution in [0.4, 0.5) is 10.5 Å². The van der Waals surface area contributed by atoms with Gasteiger partial charge in [0.1, 0.15) is 5.60 Å². The molecule has 0 aromatic heterocycles. The summed E-state index contributed by atoms with van der Waals surface area (Å²) >= 11 is 0. The van der Waals surface area contributed by atoms with E-state index in [1.54, 1.807) is 26.8 Å². The molecule has 0 unspecified atom stereocenters. The van der Waals surface area contributed by atoms with Gasteiger partial charge in [-0.2, -0.15) is 0 Å². The first-order chi connectivity index (χ1) is 8.38. The fraction of sp³-hybridized carbons (Fsp3) is 0.429. The van der Waals surface area contributed by atoms with E-state index in [1.165, 1.54) is 0 Å². The summed E-state index contributed by atoms with van der Waals surface area (Å²) in [5.74, 6) is -0.206. The van der Waals surface area contributed by atoms with Crippen molar-refractivity contribution in [3.63, 3.8) is 0 Å². The van der Waals surface area contributed by atoms with Crippen molar-refractivity contribution in [1.29, 1.82) is 0 Å². The number of aryl methyl sites for hydroxylation is 1. The Hall–Kier alpha value is -1.84. The van der Waals surface area contributed by atoms with E-state index in [-0.39, 0.29) is 5.91 Å². The zero-order valence-electron chi connectivity index (χ0n) is 10.9. The molecule has 1 aromatic rings. The van der Waals surface area contributed by atoms with Gasteiger partial charge in [-0.1, -0.05) is 18.2 Å². The minimum atomic E-state index is -0.607. The largest absolute Gasteiger partial charge is 0.443 e. The molecule has 0 atom stereocenters. The van der Waals surface area contributed by atoms with Crippen molar-refractivity contribution in [2.24, 2.45) is 0 Å². The highest BCUT2D eigenvalue weighted by Gasteiger charge is 2.32. The number of hydrogen-bond acceptors (Lipinski definition) is 3. The van der Waals surface area contributed by atoms with Gasteiger partial charge in [0.25, 0.3) is 0 Å². The number of carbonyl (C=O) groups excluding carboxylic acids is 2. The predicted molar refractivity (Wildman–Crippen MR) is 68.5 cm³/mol. The molecule has 0 fully saturated rings. The Bertz CT molecular complexity index is 488. The summed E-state index contributed by atoms with van der Waals surface area (Å²) in [5.41, 5.74) is 1.04. The Morgan fingerprint density at radius 2 is 1.89 bits per heavy atom. The van der Waals surface area contributed by atoms with Crippen LogP contribution in [-0.4, -0.2) is 17.6 Å². The van der Waals surface area contributed by atoms with Gasteiger partial charge in [-0.15, -0.1) is 0 Å². The van der Waals surface area contributed by atoms with E-state index in [4.69, 9.17) is 4.74 Å². The van der Waals surface area contributed by atoms with Gasteiger partial charge >= 0.3 is 6.09 Å². The average molecular weight is 247 g/mol. The van der Waals surface area contributed by atoms with Crippen LogP contribution in [0.25, 0.3) is 0 Å². The van der Waals surface area contributed by atoms with Crippen molar-refractivity contribution in [2.75, 3.05) is 4.90 Å². The normalized spacial score (nSPS) is 15.3. The maximum Gasteiger partial charge on any atom is 0.421 e. The van der Waals surface area contributed by atoms with E-state index in [0.29, 0.717) is 18.5 Å². The third-order valence-electron chi connectivity index (χ3n) is 2.67. The van der Waals surface area contributed by atoms with Gasteiger partial charge in [0.15, 0.2) is 0 Å². The lowest BCUT2D eigenvalue weighted by Gasteiger charge is -2.30. The highest BCUT2D eigenvalue weighted by atomic mass is 16.6. The van der Waals surface area contributed by atoms with Gasteiger partial charge < -0.3 is 4.74 Å². The number of carbonyl (C=O) groups is 2. The summed E-state index contributed by atoms with van der Waals surface area (Å²) in [4.78, 5) is 25.1. The standard InChI is InChI=1S/C14H17NO3/c1-14(2,3)18-13(17)15-11-7-5-4-6-10(11)8-9-12(15)16/h4-7H,8-9H2,1-3H3. The number of ether oxygens (including phenoxy) is 1. The summed E-state index contributed by atoms with van der Waals surface area (Å²) < 4.78 is 5.27. The van der Waals surface area contributed by atoms with Gasteiger partial charge in [0.2, 0.25) is 5.91 Å². The topological polar surface area (TPSA) is 46.6 Å². The Labute approximate surface area is 107 Å². The van der Waals surface area contributed by atoms with Crippen molar-refractivity contribution in [2.45, 2.75) is 39.2 Å². The molecule has 0 saturated heterocycles. The fourth-order valence-electron chi connectivity index (χ4n) is 1.94. The van der Waals surface area contributed by atoms with Crippen LogP contribution in [-0.2, 0) is 16.0 Å². The van der Waals surface area contributed by atoms with Crippen LogP contribution in [0.2, 0.25) is 0 Å². The Balaban J connectivity index is 2.32. The van der Waals surface area contributed by atoms with E-state index in [2.05, 4.69) is 0 Å². The number of nitrogens with zero attached hydrogens (tertiary/aromatic N) is 1.